The van der Waals surface area contributed by atoms with Crippen molar-refractivity contribution in [3.8, 4) is 0 Å². The standard InChI is InChI=1S/C19H28N4O2.ClH/c20-18(24)16-6-3-9-23(13-16)12-15-5-1-4-14(10-15)11-22-19(25)17-7-2-8-21-17;/h1,4-5,10,16-17,21H,2-3,6-9,11-13H2,(H2,20,24)(H,22,25);1H. The third-order valence-corrected chi connectivity index (χ3v) is 5.15. The highest BCUT2D eigenvalue weighted by atomic mass is 35.5. The zero-order chi connectivity index (χ0) is 17.6. The van der Waals surface area contributed by atoms with Crippen molar-refractivity contribution in [2.24, 2.45) is 11.7 Å². The molecule has 1 aromatic rings. The van der Waals surface area contributed by atoms with Crippen molar-refractivity contribution >= 4 is 24.2 Å². The first-order valence-electron chi connectivity index (χ1n) is 9.22. The van der Waals surface area contributed by atoms with Crippen LogP contribution in [0.5, 0.6) is 0 Å². The molecule has 2 saturated heterocycles. The Bertz CT molecular complexity index is 619. The van der Waals surface area contributed by atoms with Crippen LogP contribution >= 0.6 is 12.4 Å². The van der Waals surface area contributed by atoms with Crippen molar-refractivity contribution in [3.05, 3.63) is 35.4 Å². The third-order valence-electron chi connectivity index (χ3n) is 5.15. The maximum atomic E-state index is 12.1. The molecule has 1 aromatic carbocycles. The first-order chi connectivity index (χ1) is 12.1. The Labute approximate surface area is 161 Å². The van der Waals surface area contributed by atoms with Crippen LogP contribution in [-0.4, -0.2) is 42.4 Å². The van der Waals surface area contributed by atoms with Gasteiger partial charge in [-0.1, -0.05) is 24.3 Å². The highest BCUT2D eigenvalue weighted by Gasteiger charge is 2.24. The Hall–Kier alpha value is -1.63. The van der Waals surface area contributed by atoms with Crippen molar-refractivity contribution in [1.82, 2.24) is 15.5 Å². The zero-order valence-electron chi connectivity index (χ0n) is 15.1. The fraction of sp³-hybridized carbons (Fsp3) is 0.579. The highest BCUT2D eigenvalue weighted by molar-refractivity contribution is 5.85. The lowest BCUT2D eigenvalue weighted by Gasteiger charge is -2.31. The quantitative estimate of drug-likeness (QED) is 0.691. The molecule has 2 amide bonds. The van der Waals surface area contributed by atoms with Gasteiger partial charge in [0, 0.05) is 19.6 Å². The van der Waals surface area contributed by atoms with Gasteiger partial charge in [-0.25, -0.2) is 0 Å². The average Bonchev–Trinajstić information content (AvgIpc) is 3.15. The molecular weight excluding hydrogens is 352 g/mol. The van der Waals surface area contributed by atoms with E-state index in [0.717, 1.165) is 57.4 Å². The number of nitrogens with two attached hydrogens (primary N) is 1. The minimum absolute atomic E-state index is 0. The van der Waals surface area contributed by atoms with Crippen LogP contribution in [0.4, 0.5) is 0 Å². The summed E-state index contributed by atoms with van der Waals surface area (Å²) in [6.07, 6.45) is 3.89. The molecule has 2 heterocycles. The number of hydrogen-bond donors (Lipinski definition) is 3. The third kappa shape index (κ3) is 5.69. The molecule has 6 nitrogen and oxygen atoms in total. The minimum atomic E-state index is -0.193. The normalized spacial score (nSPS) is 23.2. The summed E-state index contributed by atoms with van der Waals surface area (Å²) >= 11 is 0. The zero-order valence-corrected chi connectivity index (χ0v) is 15.9. The van der Waals surface area contributed by atoms with Crippen LogP contribution in [0.2, 0.25) is 0 Å². The van der Waals surface area contributed by atoms with Crippen LogP contribution in [0.1, 0.15) is 36.8 Å². The number of carbonyl (C=O) groups is 2. The maximum absolute atomic E-state index is 12.1. The average molecular weight is 381 g/mol. The van der Waals surface area contributed by atoms with Gasteiger partial charge in [0.2, 0.25) is 11.8 Å². The summed E-state index contributed by atoms with van der Waals surface area (Å²) in [5, 5.41) is 6.23. The van der Waals surface area contributed by atoms with Gasteiger partial charge in [0.1, 0.15) is 0 Å². The molecule has 2 fully saturated rings. The summed E-state index contributed by atoms with van der Waals surface area (Å²) in [5.74, 6) is -0.139. The summed E-state index contributed by atoms with van der Waals surface area (Å²) in [4.78, 5) is 25.8. The summed E-state index contributed by atoms with van der Waals surface area (Å²) in [7, 11) is 0. The number of amides is 2. The van der Waals surface area contributed by atoms with Crippen LogP contribution in [-0.2, 0) is 22.7 Å². The number of nitrogens with zero attached hydrogens (tertiary/aromatic N) is 1. The van der Waals surface area contributed by atoms with E-state index in [4.69, 9.17) is 5.73 Å². The predicted octanol–water partition coefficient (Wildman–Crippen LogP) is 1.17. The van der Waals surface area contributed by atoms with Gasteiger partial charge in [-0.05, 0) is 49.9 Å². The van der Waals surface area contributed by atoms with Crippen LogP contribution in [0.15, 0.2) is 24.3 Å². The Morgan fingerprint density at radius 1 is 1.23 bits per heavy atom. The molecule has 0 aliphatic carbocycles. The van der Waals surface area contributed by atoms with Gasteiger partial charge >= 0.3 is 0 Å². The van der Waals surface area contributed by atoms with E-state index in [0.29, 0.717) is 6.54 Å². The predicted molar refractivity (Wildman–Crippen MR) is 104 cm³/mol. The van der Waals surface area contributed by atoms with Crippen molar-refractivity contribution in [3.63, 3.8) is 0 Å². The van der Waals surface area contributed by atoms with Gasteiger partial charge in [0.05, 0.1) is 12.0 Å². The molecule has 2 unspecified atom stereocenters. The molecule has 26 heavy (non-hydrogen) atoms. The smallest absolute Gasteiger partial charge is 0.237 e. The van der Waals surface area contributed by atoms with E-state index < -0.39 is 0 Å². The number of carbonyl (C=O) groups excluding carboxylic acids is 2. The Morgan fingerprint density at radius 2 is 2.04 bits per heavy atom. The van der Waals surface area contributed by atoms with E-state index in [1.165, 1.54) is 5.56 Å². The van der Waals surface area contributed by atoms with Crippen LogP contribution < -0.4 is 16.4 Å². The molecule has 2 aliphatic heterocycles. The molecule has 0 saturated carbocycles. The second kappa shape index (κ2) is 9.90. The lowest BCUT2D eigenvalue weighted by molar-refractivity contribution is -0.124. The van der Waals surface area contributed by atoms with E-state index in [1.54, 1.807) is 0 Å². The van der Waals surface area contributed by atoms with E-state index in [2.05, 4.69) is 27.7 Å². The van der Waals surface area contributed by atoms with E-state index in [1.807, 2.05) is 12.1 Å². The maximum Gasteiger partial charge on any atom is 0.237 e. The fourth-order valence-corrected chi connectivity index (χ4v) is 3.75. The number of rotatable bonds is 6. The van der Waals surface area contributed by atoms with Gasteiger partial charge < -0.3 is 16.4 Å². The van der Waals surface area contributed by atoms with E-state index in [-0.39, 0.29) is 36.2 Å². The second-order valence-corrected chi connectivity index (χ2v) is 7.16. The van der Waals surface area contributed by atoms with Gasteiger partial charge in [-0.15, -0.1) is 12.4 Å². The molecule has 7 heteroatoms. The first-order valence-corrected chi connectivity index (χ1v) is 9.22. The molecule has 2 atom stereocenters. The van der Waals surface area contributed by atoms with E-state index in [9.17, 15) is 9.59 Å². The summed E-state index contributed by atoms with van der Waals surface area (Å²) in [5.41, 5.74) is 7.76. The molecule has 0 bridgehead atoms. The summed E-state index contributed by atoms with van der Waals surface area (Å²) < 4.78 is 0. The van der Waals surface area contributed by atoms with Gasteiger partial charge in [0.15, 0.2) is 0 Å². The van der Waals surface area contributed by atoms with Crippen LogP contribution in [0.25, 0.3) is 0 Å². The Morgan fingerprint density at radius 3 is 2.77 bits per heavy atom. The van der Waals surface area contributed by atoms with Crippen LogP contribution in [0.3, 0.4) is 0 Å². The number of primary amides is 1. The molecule has 0 aromatic heterocycles. The lowest BCUT2D eigenvalue weighted by atomic mass is 9.97. The summed E-state index contributed by atoms with van der Waals surface area (Å²) in [6.45, 7) is 4.03. The number of likely N-dealkylation sites (tertiary alicyclic amines) is 1. The van der Waals surface area contributed by atoms with Gasteiger partial charge in [-0.3, -0.25) is 14.5 Å². The molecule has 3 rings (SSSR count). The Balaban J connectivity index is 0.00000243. The molecule has 144 valence electrons. The van der Waals surface area contributed by atoms with Gasteiger partial charge in [-0.2, -0.15) is 0 Å². The number of benzene rings is 1. The van der Waals surface area contributed by atoms with Crippen molar-refractivity contribution in [2.45, 2.75) is 44.8 Å². The highest BCUT2D eigenvalue weighted by Crippen LogP contribution is 2.18. The minimum Gasteiger partial charge on any atom is -0.369 e. The molecule has 2 aliphatic rings. The van der Waals surface area contributed by atoms with E-state index >= 15 is 0 Å². The van der Waals surface area contributed by atoms with Crippen molar-refractivity contribution in [2.75, 3.05) is 19.6 Å². The van der Waals surface area contributed by atoms with Gasteiger partial charge in [0.25, 0.3) is 0 Å². The topological polar surface area (TPSA) is 87.5 Å². The summed E-state index contributed by atoms with van der Waals surface area (Å²) in [6, 6.07) is 8.25. The molecule has 0 radical (unpaired) electrons. The lowest BCUT2D eigenvalue weighted by Crippen LogP contribution is -2.40. The number of hydrogen-bond acceptors (Lipinski definition) is 4. The monoisotopic (exact) mass is 380 g/mol. The largest absolute Gasteiger partial charge is 0.369 e. The fourth-order valence-electron chi connectivity index (χ4n) is 3.75. The van der Waals surface area contributed by atoms with Crippen LogP contribution in [0, 0.1) is 5.92 Å². The van der Waals surface area contributed by atoms with Crippen molar-refractivity contribution in [1.29, 1.82) is 0 Å². The number of piperidine rings is 1. The first kappa shape index (κ1) is 20.7. The number of halogens is 1. The number of nitrogens with one attached hydrogen (secondary N) is 2. The Kier molecular flexibility index (Phi) is 7.87. The molecular formula is C19H29ClN4O2. The molecule has 4 N–H and O–H groups in total. The van der Waals surface area contributed by atoms with Crippen molar-refractivity contribution < 1.29 is 9.59 Å². The molecule has 0 spiro atoms. The second-order valence-electron chi connectivity index (χ2n) is 7.16. The SMILES string of the molecule is Cl.NC(=O)C1CCCN(Cc2cccc(CNC(=O)C3CCCN3)c2)C1.